The minimum atomic E-state index is -0.00363. The summed E-state index contributed by atoms with van der Waals surface area (Å²) in [5.41, 5.74) is 1.84. The lowest BCUT2D eigenvalue weighted by molar-refractivity contribution is 0.112. The minimum absolute atomic E-state index is 0.00363. The van der Waals surface area contributed by atoms with E-state index in [4.69, 9.17) is 0 Å². The van der Waals surface area contributed by atoms with Gasteiger partial charge in [0.05, 0.1) is 0 Å². The molecule has 13 heavy (non-hydrogen) atoms. The molecular weight excluding hydrogens is 228 g/mol. The van der Waals surface area contributed by atoms with Gasteiger partial charge in [0, 0.05) is 10.0 Å². The van der Waals surface area contributed by atoms with E-state index in [0.717, 1.165) is 21.9 Å². The van der Waals surface area contributed by atoms with Crippen molar-refractivity contribution < 1.29 is 4.79 Å². The summed E-state index contributed by atoms with van der Waals surface area (Å²) in [6.45, 7) is 6.29. The molecule has 0 aromatic heterocycles. The average molecular weight is 241 g/mol. The predicted octanol–water partition coefficient (Wildman–Crippen LogP) is 3.56. The second kappa shape index (κ2) is 3.62. The molecule has 0 aliphatic heterocycles. The summed E-state index contributed by atoms with van der Waals surface area (Å²) in [6, 6.07) is 5.69. The van der Waals surface area contributed by atoms with Gasteiger partial charge in [-0.05, 0) is 17.0 Å². The van der Waals surface area contributed by atoms with Gasteiger partial charge in [-0.1, -0.05) is 48.8 Å². The first-order valence-electron chi connectivity index (χ1n) is 4.21. The van der Waals surface area contributed by atoms with Gasteiger partial charge in [0.2, 0.25) is 0 Å². The fraction of sp³-hybridized carbons (Fsp3) is 0.364. The van der Waals surface area contributed by atoms with Gasteiger partial charge in [-0.3, -0.25) is 4.79 Å². The quantitative estimate of drug-likeness (QED) is 0.687. The standard InChI is InChI=1S/C11H13BrO/c1-11(2,3)10-8(7-13)5-4-6-9(10)12/h4-7H,1-3H3. The predicted molar refractivity (Wildman–Crippen MR) is 58.2 cm³/mol. The van der Waals surface area contributed by atoms with Crippen molar-refractivity contribution >= 4 is 22.2 Å². The number of hydrogen-bond donors (Lipinski definition) is 0. The lowest BCUT2D eigenvalue weighted by Gasteiger charge is -2.22. The molecule has 0 N–H and O–H groups in total. The third-order valence-corrected chi connectivity index (χ3v) is 2.58. The molecule has 0 radical (unpaired) electrons. The van der Waals surface area contributed by atoms with E-state index in [1.807, 2.05) is 18.2 Å². The number of rotatable bonds is 1. The first kappa shape index (κ1) is 10.5. The summed E-state index contributed by atoms with van der Waals surface area (Å²) in [6.07, 6.45) is 0.908. The van der Waals surface area contributed by atoms with E-state index in [0.29, 0.717) is 0 Å². The second-order valence-electron chi connectivity index (χ2n) is 4.07. The van der Waals surface area contributed by atoms with Crippen molar-refractivity contribution in [2.45, 2.75) is 26.2 Å². The number of benzene rings is 1. The molecule has 0 unspecified atom stereocenters. The molecule has 0 saturated carbocycles. The smallest absolute Gasteiger partial charge is 0.150 e. The van der Waals surface area contributed by atoms with Crippen LogP contribution in [0.5, 0.6) is 0 Å². The summed E-state index contributed by atoms with van der Waals surface area (Å²) in [4.78, 5) is 10.8. The van der Waals surface area contributed by atoms with Crippen molar-refractivity contribution in [3.63, 3.8) is 0 Å². The van der Waals surface area contributed by atoms with E-state index in [-0.39, 0.29) is 5.41 Å². The Morgan fingerprint density at radius 2 is 1.92 bits per heavy atom. The molecule has 0 saturated heterocycles. The third kappa shape index (κ3) is 2.19. The maximum absolute atomic E-state index is 10.8. The fourth-order valence-electron chi connectivity index (χ4n) is 1.43. The highest BCUT2D eigenvalue weighted by molar-refractivity contribution is 9.10. The molecule has 1 aromatic carbocycles. The van der Waals surface area contributed by atoms with Crippen LogP contribution in [0, 0.1) is 0 Å². The van der Waals surface area contributed by atoms with E-state index < -0.39 is 0 Å². The van der Waals surface area contributed by atoms with Gasteiger partial charge in [-0.2, -0.15) is 0 Å². The zero-order chi connectivity index (χ0) is 10.1. The van der Waals surface area contributed by atoms with Crippen molar-refractivity contribution in [2.24, 2.45) is 0 Å². The van der Waals surface area contributed by atoms with Gasteiger partial charge in [0.15, 0.2) is 0 Å². The molecule has 1 nitrogen and oxygen atoms in total. The van der Waals surface area contributed by atoms with Crippen molar-refractivity contribution in [1.29, 1.82) is 0 Å². The zero-order valence-corrected chi connectivity index (χ0v) is 9.68. The molecule has 0 amide bonds. The summed E-state index contributed by atoms with van der Waals surface area (Å²) >= 11 is 3.46. The van der Waals surface area contributed by atoms with Crippen LogP contribution in [0.3, 0.4) is 0 Å². The highest BCUT2D eigenvalue weighted by atomic mass is 79.9. The van der Waals surface area contributed by atoms with Crippen LogP contribution in [0.2, 0.25) is 0 Å². The SMILES string of the molecule is CC(C)(C)c1c(Br)cccc1C=O. The number of carbonyl (C=O) groups is 1. The highest BCUT2D eigenvalue weighted by Gasteiger charge is 2.20. The minimum Gasteiger partial charge on any atom is -0.298 e. The monoisotopic (exact) mass is 240 g/mol. The van der Waals surface area contributed by atoms with Gasteiger partial charge >= 0.3 is 0 Å². The number of hydrogen-bond acceptors (Lipinski definition) is 1. The summed E-state index contributed by atoms with van der Waals surface area (Å²) in [5, 5.41) is 0. The summed E-state index contributed by atoms with van der Waals surface area (Å²) in [5.74, 6) is 0. The molecular formula is C11H13BrO. The van der Waals surface area contributed by atoms with Gasteiger partial charge in [-0.25, -0.2) is 0 Å². The lowest BCUT2D eigenvalue weighted by atomic mass is 9.84. The molecule has 0 atom stereocenters. The Hall–Kier alpha value is -0.630. The average Bonchev–Trinajstić information content (AvgIpc) is 2.01. The van der Waals surface area contributed by atoms with Crippen molar-refractivity contribution in [3.05, 3.63) is 33.8 Å². The van der Waals surface area contributed by atoms with Crippen LogP contribution in [0.1, 0.15) is 36.7 Å². The molecule has 0 aliphatic rings. The Balaban J connectivity index is 3.40. The Bertz CT molecular complexity index is 323. The summed E-state index contributed by atoms with van der Waals surface area (Å²) in [7, 11) is 0. The van der Waals surface area contributed by atoms with Gasteiger partial charge in [0.1, 0.15) is 6.29 Å². The van der Waals surface area contributed by atoms with E-state index in [1.165, 1.54) is 0 Å². The van der Waals surface area contributed by atoms with Crippen LogP contribution >= 0.6 is 15.9 Å². The van der Waals surface area contributed by atoms with E-state index in [2.05, 4.69) is 36.7 Å². The molecule has 0 bridgehead atoms. The van der Waals surface area contributed by atoms with Crippen LogP contribution < -0.4 is 0 Å². The second-order valence-corrected chi connectivity index (χ2v) is 4.93. The van der Waals surface area contributed by atoms with Gasteiger partial charge in [-0.15, -0.1) is 0 Å². The molecule has 0 aliphatic carbocycles. The number of carbonyl (C=O) groups excluding carboxylic acids is 1. The zero-order valence-electron chi connectivity index (χ0n) is 8.10. The van der Waals surface area contributed by atoms with Crippen LogP contribution in [0.15, 0.2) is 22.7 Å². The Kier molecular flexibility index (Phi) is 2.91. The van der Waals surface area contributed by atoms with Crippen molar-refractivity contribution in [2.75, 3.05) is 0 Å². The highest BCUT2D eigenvalue weighted by Crippen LogP contribution is 2.31. The molecule has 1 aromatic rings. The Morgan fingerprint density at radius 1 is 1.31 bits per heavy atom. The maximum atomic E-state index is 10.8. The Morgan fingerprint density at radius 3 is 2.31 bits per heavy atom. The first-order valence-corrected chi connectivity index (χ1v) is 5.00. The van der Waals surface area contributed by atoms with Crippen LogP contribution in [-0.4, -0.2) is 6.29 Å². The lowest BCUT2D eigenvalue weighted by Crippen LogP contribution is -2.14. The summed E-state index contributed by atoms with van der Waals surface area (Å²) < 4.78 is 1.00. The Labute approximate surface area is 87.3 Å². The molecule has 0 heterocycles. The van der Waals surface area contributed by atoms with E-state index >= 15 is 0 Å². The van der Waals surface area contributed by atoms with E-state index in [1.54, 1.807) is 0 Å². The molecule has 0 spiro atoms. The largest absolute Gasteiger partial charge is 0.298 e. The molecule has 1 rings (SSSR count). The van der Waals surface area contributed by atoms with E-state index in [9.17, 15) is 4.79 Å². The number of aldehydes is 1. The normalized spacial score (nSPS) is 11.4. The van der Waals surface area contributed by atoms with Crippen LogP contribution in [-0.2, 0) is 5.41 Å². The van der Waals surface area contributed by atoms with Gasteiger partial charge in [0.25, 0.3) is 0 Å². The third-order valence-electron chi connectivity index (χ3n) is 1.92. The molecule has 2 heteroatoms. The number of halogens is 1. The van der Waals surface area contributed by atoms with Gasteiger partial charge < -0.3 is 0 Å². The first-order chi connectivity index (χ1) is 5.96. The van der Waals surface area contributed by atoms with Crippen molar-refractivity contribution in [3.8, 4) is 0 Å². The molecule has 0 fully saturated rings. The van der Waals surface area contributed by atoms with Crippen molar-refractivity contribution in [1.82, 2.24) is 0 Å². The molecule has 70 valence electrons. The fourth-order valence-corrected chi connectivity index (χ4v) is 2.41. The van der Waals surface area contributed by atoms with Crippen LogP contribution in [0.4, 0.5) is 0 Å². The maximum Gasteiger partial charge on any atom is 0.150 e. The topological polar surface area (TPSA) is 17.1 Å². The van der Waals surface area contributed by atoms with Crippen LogP contribution in [0.25, 0.3) is 0 Å².